The van der Waals surface area contributed by atoms with Gasteiger partial charge in [0.15, 0.2) is 0 Å². The monoisotopic (exact) mass is 322 g/mol. The first-order valence-electron chi connectivity index (χ1n) is 7.08. The Morgan fingerprint density at radius 2 is 1.91 bits per heavy atom. The lowest BCUT2D eigenvalue weighted by molar-refractivity contribution is 0.578. The van der Waals surface area contributed by atoms with Crippen LogP contribution in [-0.4, -0.2) is 37.8 Å². The minimum atomic E-state index is -3.31. The number of imidazole rings is 1. The van der Waals surface area contributed by atoms with E-state index in [1.54, 1.807) is 6.20 Å². The van der Waals surface area contributed by atoms with Crippen LogP contribution in [0.4, 0.5) is 5.95 Å². The average molecular weight is 322 g/mol. The Morgan fingerprint density at radius 3 is 2.50 bits per heavy atom. The van der Waals surface area contributed by atoms with Crippen molar-refractivity contribution in [3.05, 3.63) is 47.8 Å². The summed E-state index contributed by atoms with van der Waals surface area (Å²) < 4.78 is 28.7. The Labute approximate surface area is 131 Å². The molecule has 0 bridgehead atoms. The molecule has 0 saturated carbocycles. The molecule has 1 heterocycles. The Kier molecular flexibility index (Phi) is 5.20. The normalized spacial score (nSPS) is 11.6. The first-order chi connectivity index (χ1) is 10.4. The van der Waals surface area contributed by atoms with Gasteiger partial charge in [-0.3, -0.25) is 0 Å². The summed E-state index contributed by atoms with van der Waals surface area (Å²) in [5.41, 5.74) is 1.84. The SMILES string of the molecule is CN(C)c1ncc(CNS(=O)(=O)CCc2ccccc2)n1C. The van der Waals surface area contributed by atoms with E-state index in [0.717, 1.165) is 17.2 Å². The fraction of sp³-hybridized carbons (Fsp3) is 0.400. The molecular weight excluding hydrogens is 300 g/mol. The number of hydrogen-bond acceptors (Lipinski definition) is 4. The maximum Gasteiger partial charge on any atom is 0.212 e. The van der Waals surface area contributed by atoms with E-state index in [1.807, 2.05) is 60.9 Å². The van der Waals surface area contributed by atoms with Gasteiger partial charge in [0.05, 0.1) is 24.2 Å². The number of hydrogen-bond donors (Lipinski definition) is 1. The Bertz CT molecular complexity index is 708. The largest absolute Gasteiger partial charge is 0.348 e. The number of sulfonamides is 1. The molecule has 22 heavy (non-hydrogen) atoms. The van der Waals surface area contributed by atoms with Crippen LogP contribution >= 0.6 is 0 Å². The van der Waals surface area contributed by atoms with E-state index in [2.05, 4.69) is 9.71 Å². The molecule has 120 valence electrons. The van der Waals surface area contributed by atoms with Crippen LogP contribution in [0.25, 0.3) is 0 Å². The van der Waals surface area contributed by atoms with Gasteiger partial charge in [0, 0.05) is 21.1 Å². The fourth-order valence-corrected chi connectivity index (χ4v) is 3.18. The lowest BCUT2D eigenvalue weighted by Crippen LogP contribution is -2.28. The third-order valence-electron chi connectivity index (χ3n) is 3.44. The molecule has 0 atom stereocenters. The lowest BCUT2D eigenvalue weighted by atomic mass is 10.2. The molecule has 1 aromatic carbocycles. The summed E-state index contributed by atoms with van der Waals surface area (Å²) in [6.07, 6.45) is 2.19. The van der Waals surface area contributed by atoms with Crippen LogP contribution in [0.2, 0.25) is 0 Å². The molecule has 0 unspecified atom stereocenters. The molecule has 0 aliphatic heterocycles. The summed E-state index contributed by atoms with van der Waals surface area (Å²) in [4.78, 5) is 6.15. The standard InChI is InChI=1S/C15H22N4O2S/c1-18(2)15-16-11-14(19(15)3)12-17-22(20,21)10-9-13-7-5-4-6-8-13/h4-8,11,17H,9-10,12H2,1-3H3. The number of rotatable bonds is 7. The predicted molar refractivity (Wildman–Crippen MR) is 88.3 cm³/mol. The average Bonchev–Trinajstić information content (AvgIpc) is 2.86. The van der Waals surface area contributed by atoms with E-state index in [1.165, 1.54) is 0 Å². The molecular formula is C15H22N4O2S. The highest BCUT2D eigenvalue weighted by Gasteiger charge is 2.13. The number of anilines is 1. The van der Waals surface area contributed by atoms with Crippen LogP contribution in [0, 0.1) is 0 Å². The summed E-state index contributed by atoms with van der Waals surface area (Å²) >= 11 is 0. The van der Waals surface area contributed by atoms with Crippen LogP contribution in [0.5, 0.6) is 0 Å². The first kappa shape index (κ1) is 16.5. The number of aryl methyl sites for hydroxylation is 1. The fourth-order valence-electron chi connectivity index (χ4n) is 2.17. The predicted octanol–water partition coefficient (Wildman–Crippen LogP) is 1.15. The zero-order valence-corrected chi connectivity index (χ0v) is 14.0. The maximum absolute atomic E-state index is 12.1. The second kappa shape index (κ2) is 6.93. The molecule has 1 N–H and O–H groups in total. The molecule has 0 fully saturated rings. The topological polar surface area (TPSA) is 67.2 Å². The van der Waals surface area contributed by atoms with Crippen molar-refractivity contribution in [2.45, 2.75) is 13.0 Å². The van der Waals surface area contributed by atoms with Crippen LogP contribution in [0.1, 0.15) is 11.3 Å². The van der Waals surface area contributed by atoms with E-state index < -0.39 is 10.0 Å². The van der Waals surface area contributed by atoms with Gasteiger partial charge in [-0.25, -0.2) is 18.1 Å². The maximum atomic E-state index is 12.1. The molecule has 0 aliphatic carbocycles. The molecule has 6 nitrogen and oxygen atoms in total. The van der Waals surface area contributed by atoms with Crippen molar-refractivity contribution in [1.29, 1.82) is 0 Å². The van der Waals surface area contributed by atoms with Crippen molar-refractivity contribution in [1.82, 2.24) is 14.3 Å². The summed E-state index contributed by atoms with van der Waals surface area (Å²) in [6, 6.07) is 9.60. The van der Waals surface area contributed by atoms with Gasteiger partial charge in [0.2, 0.25) is 16.0 Å². The summed E-state index contributed by atoms with van der Waals surface area (Å²) in [6.45, 7) is 0.245. The minimum Gasteiger partial charge on any atom is -0.348 e. The van der Waals surface area contributed by atoms with E-state index in [9.17, 15) is 8.42 Å². The molecule has 2 aromatic rings. The second-order valence-electron chi connectivity index (χ2n) is 5.38. The molecule has 1 aromatic heterocycles. The van der Waals surface area contributed by atoms with Crippen LogP contribution in [0.3, 0.4) is 0 Å². The van der Waals surface area contributed by atoms with Crippen molar-refractivity contribution in [2.75, 3.05) is 24.7 Å². The van der Waals surface area contributed by atoms with Crippen molar-refractivity contribution >= 4 is 16.0 Å². The van der Waals surface area contributed by atoms with Gasteiger partial charge in [0.25, 0.3) is 0 Å². The zero-order valence-electron chi connectivity index (χ0n) is 13.2. The number of aromatic nitrogens is 2. The van der Waals surface area contributed by atoms with E-state index in [0.29, 0.717) is 6.42 Å². The summed E-state index contributed by atoms with van der Waals surface area (Å²) in [5, 5.41) is 0. The second-order valence-corrected chi connectivity index (χ2v) is 7.30. The van der Waals surface area contributed by atoms with Gasteiger partial charge >= 0.3 is 0 Å². The minimum absolute atomic E-state index is 0.0788. The molecule has 7 heteroatoms. The number of nitrogens with zero attached hydrogens (tertiary/aromatic N) is 3. The van der Waals surface area contributed by atoms with E-state index in [4.69, 9.17) is 0 Å². The highest BCUT2D eigenvalue weighted by atomic mass is 32.2. The molecule has 0 saturated heterocycles. The van der Waals surface area contributed by atoms with Gasteiger partial charge in [-0.2, -0.15) is 0 Å². The van der Waals surface area contributed by atoms with Gasteiger partial charge in [-0.1, -0.05) is 30.3 Å². The summed E-state index contributed by atoms with van der Waals surface area (Å²) in [5.74, 6) is 0.869. The Hall–Kier alpha value is -1.86. The zero-order chi connectivity index (χ0) is 16.2. The van der Waals surface area contributed by atoms with Crippen LogP contribution in [-0.2, 0) is 30.0 Å². The van der Waals surface area contributed by atoms with Crippen molar-refractivity contribution < 1.29 is 8.42 Å². The Morgan fingerprint density at radius 1 is 1.23 bits per heavy atom. The number of nitrogens with one attached hydrogen (secondary N) is 1. The van der Waals surface area contributed by atoms with E-state index >= 15 is 0 Å². The number of benzene rings is 1. The third kappa shape index (κ3) is 4.32. The highest BCUT2D eigenvalue weighted by Crippen LogP contribution is 2.11. The van der Waals surface area contributed by atoms with E-state index in [-0.39, 0.29) is 12.3 Å². The van der Waals surface area contributed by atoms with Gasteiger partial charge in [-0.15, -0.1) is 0 Å². The smallest absolute Gasteiger partial charge is 0.212 e. The molecule has 2 rings (SSSR count). The summed E-state index contributed by atoms with van der Waals surface area (Å²) in [7, 11) is 2.36. The molecule has 0 amide bonds. The third-order valence-corrected chi connectivity index (χ3v) is 4.76. The first-order valence-corrected chi connectivity index (χ1v) is 8.73. The lowest BCUT2D eigenvalue weighted by Gasteiger charge is -2.13. The van der Waals surface area contributed by atoms with Crippen molar-refractivity contribution in [2.24, 2.45) is 7.05 Å². The van der Waals surface area contributed by atoms with Crippen LogP contribution in [0.15, 0.2) is 36.5 Å². The molecule has 0 aliphatic rings. The van der Waals surface area contributed by atoms with Crippen LogP contribution < -0.4 is 9.62 Å². The van der Waals surface area contributed by atoms with Gasteiger partial charge in [0.1, 0.15) is 0 Å². The van der Waals surface area contributed by atoms with Gasteiger partial charge in [-0.05, 0) is 12.0 Å². The molecule has 0 spiro atoms. The Balaban J connectivity index is 1.92. The molecule has 0 radical (unpaired) electrons. The van der Waals surface area contributed by atoms with Crippen molar-refractivity contribution in [3.63, 3.8) is 0 Å². The van der Waals surface area contributed by atoms with Crippen molar-refractivity contribution in [3.8, 4) is 0 Å². The quantitative estimate of drug-likeness (QED) is 0.830. The highest BCUT2D eigenvalue weighted by molar-refractivity contribution is 7.89. The van der Waals surface area contributed by atoms with Gasteiger partial charge < -0.3 is 9.47 Å².